The third-order valence-electron chi connectivity index (χ3n) is 4.02. The second-order valence-electron chi connectivity index (χ2n) is 5.39. The predicted octanol–water partition coefficient (Wildman–Crippen LogP) is 5.09. The van der Waals surface area contributed by atoms with E-state index in [-0.39, 0.29) is 6.10 Å². The highest BCUT2D eigenvalue weighted by atomic mass is 79.9. The Balaban J connectivity index is 1.83. The van der Waals surface area contributed by atoms with Gasteiger partial charge in [0.15, 0.2) is 0 Å². The molecule has 0 bridgehead atoms. The fourth-order valence-corrected chi connectivity index (χ4v) is 3.41. The van der Waals surface area contributed by atoms with Crippen molar-refractivity contribution in [2.45, 2.75) is 31.0 Å². The topological polar surface area (TPSA) is 9.23 Å². The molecule has 0 amide bonds. The van der Waals surface area contributed by atoms with Crippen molar-refractivity contribution in [2.75, 3.05) is 5.33 Å². The molecular formula is C18H19BrO. The molecule has 1 saturated heterocycles. The fourth-order valence-electron chi connectivity index (χ4n) is 2.99. The van der Waals surface area contributed by atoms with Crippen molar-refractivity contribution in [2.24, 2.45) is 0 Å². The first kappa shape index (κ1) is 13.8. The molecule has 2 aromatic rings. The van der Waals surface area contributed by atoms with Gasteiger partial charge in [-0.3, -0.25) is 0 Å². The monoisotopic (exact) mass is 330 g/mol. The molecule has 1 aliphatic rings. The van der Waals surface area contributed by atoms with Crippen molar-refractivity contribution in [3.8, 4) is 0 Å². The summed E-state index contributed by atoms with van der Waals surface area (Å²) in [6.07, 6.45) is 2.66. The minimum atomic E-state index is 0.206. The zero-order valence-electron chi connectivity index (χ0n) is 11.4. The van der Waals surface area contributed by atoms with E-state index >= 15 is 0 Å². The molecule has 2 heteroatoms. The van der Waals surface area contributed by atoms with Crippen molar-refractivity contribution >= 4 is 15.9 Å². The summed E-state index contributed by atoms with van der Waals surface area (Å²) in [6, 6.07) is 21.4. The molecule has 0 radical (unpaired) electrons. The van der Waals surface area contributed by atoms with E-state index in [1.54, 1.807) is 0 Å². The van der Waals surface area contributed by atoms with Crippen molar-refractivity contribution in [1.82, 2.24) is 0 Å². The molecule has 0 spiro atoms. The third kappa shape index (κ3) is 3.13. The second kappa shape index (κ2) is 6.55. The van der Waals surface area contributed by atoms with Gasteiger partial charge in [0.2, 0.25) is 0 Å². The summed E-state index contributed by atoms with van der Waals surface area (Å²) < 4.78 is 6.23. The van der Waals surface area contributed by atoms with Crippen LogP contribution in [-0.4, -0.2) is 11.4 Å². The first-order valence-corrected chi connectivity index (χ1v) is 8.30. The van der Waals surface area contributed by atoms with Crippen LogP contribution < -0.4 is 0 Å². The summed E-state index contributed by atoms with van der Waals surface area (Å²) in [5, 5.41) is 0.902. The van der Waals surface area contributed by atoms with E-state index in [2.05, 4.69) is 76.6 Å². The highest BCUT2D eigenvalue weighted by Gasteiger charge is 2.30. The quantitative estimate of drug-likeness (QED) is 0.712. The smallest absolute Gasteiger partial charge is 0.0835 e. The van der Waals surface area contributed by atoms with Crippen LogP contribution in [0.4, 0.5) is 0 Å². The van der Waals surface area contributed by atoms with Crippen molar-refractivity contribution in [3.05, 3.63) is 71.8 Å². The van der Waals surface area contributed by atoms with E-state index in [1.807, 2.05) is 0 Å². The van der Waals surface area contributed by atoms with Gasteiger partial charge in [0, 0.05) is 5.33 Å². The lowest BCUT2D eigenvalue weighted by Crippen LogP contribution is -2.28. The van der Waals surface area contributed by atoms with Gasteiger partial charge < -0.3 is 4.74 Å². The molecule has 0 aliphatic carbocycles. The molecule has 1 heterocycles. The highest BCUT2D eigenvalue weighted by molar-refractivity contribution is 9.09. The van der Waals surface area contributed by atoms with Gasteiger partial charge in [-0.25, -0.2) is 0 Å². The molecule has 3 atom stereocenters. The zero-order chi connectivity index (χ0) is 13.8. The molecule has 1 fully saturated rings. The van der Waals surface area contributed by atoms with Gasteiger partial charge in [-0.2, -0.15) is 0 Å². The maximum atomic E-state index is 6.23. The summed E-state index contributed by atoms with van der Waals surface area (Å²) in [7, 11) is 0. The van der Waals surface area contributed by atoms with Crippen molar-refractivity contribution in [3.63, 3.8) is 0 Å². The van der Waals surface area contributed by atoms with Crippen LogP contribution in [-0.2, 0) is 4.74 Å². The average molecular weight is 331 g/mol. The number of hydrogen-bond donors (Lipinski definition) is 0. The number of halogens is 1. The van der Waals surface area contributed by atoms with Crippen LogP contribution in [0, 0.1) is 0 Å². The van der Waals surface area contributed by atoms with E-state index in [9.17, 15) is 0 Å². The number of rotatable bonds is 3. The number of benzene rings is 2. The van der Waals surface area contributed by atoms with Gasteiger partial charge in [0.1, 0.15) is 0 Å². The first-order valence-electron chi connectivity index (χ1n) is 7.18. The Kier molecular flexibility index (Phi) is 4.54. The molecule has 0 unspecified atom stereocenters. The van der Waals surface area contributed by atoms with E-state index in [4.69, 9.17) is 4.74 Å². The normalized spacial score (nSPS) is 26.4. The maximum Gasteiger partial charge on any atom is 0.0835 e. The minimum Gasteiger partial charge on any atom is -0.369 e. The van der Waals surface area contributed by atoms with Gasteiger partial charge >= 0.3 is 0 Å². The van der Waals surface area contributed by atoms with E-state index in [1.165, 1.54) is 11.1 Å². The largest absolute Gasteiger partial charge is 0.369 e. The van der Waals surface area contributed by atoms with Crippen molar-refractivity contribution in [1.29, 1.82) is 0 Å². The molecule has 20 heavy (non-hydrogen) atoms. The zero-order valence-corrected chi connectivity index (χ0v) is 13.0. The summed E-state index contributed by atoms with van der Waals surface area (Å²) in [5.74, 6) is 0.581. The summed E-state index contributed by atoms with van der Waals surface area (Å²) in [6.45, 7) is 0. The summed E-state index contributed by atoms with van der Waals surface area (Å²) in [5.41, 5.74) is 2.72. The minimum absolute atomic E-state index is 0.206. The van der Waals surface area contributed by atoms with Crippen LogP contribution in [0.3, 0.4) is 0 Å². The average Bonchev–Trinajstić information content (AvgIpc) is 2.56. The second-order valence-corrected chi connectivity index (χ2v) is 6.04. The number of alkyl halides is 1. The molecule has 3 rings (SSSR count). The van der Waals surface area contributed by atoms with Gasteiger partial charge in [-0.15, -0.1) is 0 Å². The van der Waals surface area contributed by atoms with E-state index < -0.39 is 0 Å². The lowest BCUT2D eigenvalue weighted by Gasteiger charge is -2.35. The van der Waals surface area contributed by atoms with Gasteiger partial charge in [-0.1, -0.05) is 76.6 Å². The van der Waals surface area contributed by atoms with Gasteiger partial charge in [0.05, 0.1) is 12.2 Å². The standard InChI is InChI=1S/C18H19BrO/c19-13-17-11-16(14-7-3-1-4-8-14)12-18(20-17)15-9-5-2-6-10-15/h1-10,16-18H,11-13H2/t16-,17-,18-/m1/s1. The molecule has 104 valence electrons. The molecular weight excluding hydrogens is 312 g/mol. The Hall–Kier alpha value is -1.12. The molecule has 0 aromatic heterocycles. The van der Waals surface area contributed by atoms with E-state index in [0.29, 0.717) is 12.0 Å². The van der Waals surface area contributed by atoms with Gasteiger partial charge in [-0.05, 0) is 29.9 Å². The third-order valence-corrected chi connectivity index (χ3v) is 4.74. The molecule has 2 aromatic carbocycles. The molecule has 1 nitrogen and oxygen atoms in total. The lowest BCUT2D eigenvalue weighted by molar-refractivity contribution is -0.0470. The van der Waals surface area contributed by atoms with E-state index in [0.717, 1.165) is 18.2 Å². The maximum absolute atomic E-state index is 6.23. The van der Waals surface area contributed by atoms with Crippen LogP contribution in [0.1, 0.15) is 36.0 Å². The van der Waals surface area contributed by atoms with Crippen LogP contribution in [0.25, 0.3) is 0 Å². The Morgan fingerprint density at radius 3 is 2.05 bits per heavy atom. The van der Waals surface area contributed by atoms with Crippen molar-refractivity contribution < 1.29 is 4.74 Å². The highest BCUT2D eigenvalue weighted by Crippen LogP contribution is 2.40. The van der Waals surface area contributed by atoms with Crippen LogP contribution in [0.5, 0.6) is 0 Å². The molecule has 0 N–H and O–H groups in total. The lowest BCUT2D eigenvalue weighted by atomic mass is 9.84. The SMILES string of the molecule is BrC[C@H]1C[C@@H](c2ccccc2)C[C@H](c2ccccc2)O1. The number of hydrogen-bond acceptors (Lipinski definition) is 1. The first-order chi connectivity index (χ1) is 9.86. The Labute approximate surface area is 129 Å². The Morgan fingerprint density at radius 1 is 0.850 bits per heavy atom. The van der Waals surface area contributed by atoms with Crippen LogP contribution in [0.2, 0.25) is 0 Å². The Morgan fingerprint density at radius 2 is 1.45 bits per heavy atom. The Bertz CT molecular complexity index is 478. The van der Waals surface area contributed by atoms with Crippen LogP contribution in [0.15, 0.2) is 60.7 Å². The number of ether oxygens (including phenoxy) is 1. The van der Waals surface area contributed by atoms with Gasteiger partial charge in [0.25, 0.3) is 0 Å². The predicted molar refractivity (Wildman–Crippen MR) is 86.3 cm³/mol. The molecule has 1 aliphatic heterocycles. The summed E-state index contributed by atoms with van der Waals surface area (Å²) >= 11 is 3.59. The van der Waals surface area contributed by atoms with Crippen LogP contribution >= 0.6 is 15.9 Å². The fraction of sp³-hybridized carbons (Fsp3) is 0.333. The molecule has 0 saturated carbocycles. The summed E-state index contributed by atoms with van der Waals surface area (Å²) in [4.78, 5) is 0.